The summed E-state index contributed by atoms with van der Waals surface area (Å²) in [6, 6.07) is 18.3. The lowest BCUT2D eigenvalue weighted by atomic mass is 10.2. The molecule has 0 aliphatic heterocycles. The van der Waals surface area contributed by atoms with E-state index in [0.717, 1.165) is 10.1 Å². The molecular weight excluding hydrogens is 533 g/mol. The predicted octanol–water partition coefficient (Wildman–Crippen LogP) is 6.17. The molecule has 176 valence electrons. The molecule has 35 heavy (non-hydrogen) atoms. The van der Waals surface area contributed by atoms with Crippen molar-refractivity contribution in [3.8, 4) is 5.75 Å². The Morgan fingerprint density at radius 2 is 1.71 bits per heavy atom. The van der Waals surface area contributed by atoms with Gasteiger partial charge in [-0.1, -0.05) is 65.1 Å². The highest BCUT2D eigenvalue weighted by molar-refractivity contribution is 7.21. The molecule has 4 aromatic rings. The fourth-order valence-electron chi connectivity index (χ4n) is 2.95. The Labute approximate surface area is 218 Å². The van der Waals surface area contributed by atoms with Gasteiger partial charge in [-0.2, -0.15) is 5.10 Å². The molecule has 3 aromatic carbocycles. The van der Waals surface area contributed by atoms with Crippen molar-refractivity contribution >= 4 is 85.9 Å². The van der Waals surface area contributed by atoms with Gasteiger partial charge in [0.2, 0.25) is 0 Å². The number of carbonyl (C=O) groups is 3. The minimum atomic E-state index is -1.01. The summed E-state index contributed by atoms with van der Waals surface area (Å²) in [4.78, 5) is 37.0. The Balaban J connectivity index is 1.38. The highest BCUT2D eigenvalue weighted by atomic mass is 35.5. The second-order valence-corrected chi connectivity index (χ2v) is 9.25. The summed E-state index contributed by atoms with van der Waals surface area (Å²) >= 11 is 19.4. The third-order valence-corrected chi connectivity index (χ3v) is 6.77. The van der Waals surface area contributed by atoms with Gasteiger partial charge in [0.1, 0.15) is 10.6 Å². The first-order valence-corrected chi connectivity index (χ1v) is 11.9. The predicted molar refractivity (Wildman–Crippen MR) is 139 cm³/mol. The molecule has 0 saturated heterocycles. The van der Waals surface area contributed by atoms with Gasteiger partial charge in [-0.15, -0.1) is 11.3 Å². The summed E-state index contributed by atoms with van der Waals surface area (Å²) in [5.74, 6) is -2.32. The van der Waals surface area contributed by atoms with Crippen molar-refractivity contribution < 1.29 is 19.1 Å². The third kappa shape index (κ3) is 5.98. The Kier molecular flexibility index (Phi) is 7.67. The molecule has 1 heterocycles. The van der Waals surface area contributed by atoms with Gasteiger partial charge < -0.3 is 10.1 Å². The number of anilines is 1. The molecule has 0 bridgehead atoms. The van der Waals surface area contributed by atoms with E-state index >= 15 is 0 Å². The molecular formula is C24H14Cl3N3O4S. The lowest BCUT2D eigenvalue weighted by Crippen LogP contribution is -2.32. The van der Waals surface area contributed by atoms with Crippen LogP contribution in [-0.2, 0) is 9.59 Å². The number of rotatable bonds is 5. The Bertz CT molecular complexity index is 1490. The lowest BCUT2D eigenvalue weighted by Gasteiger charge is -2.06. The summed E-state index contributed by atoms with van der Waals surface area (Å²) in [5.41, 5.74) is 2.81. The molecule has 0 radical (unpaired) electrons. The molecule has 0 spiro atoms. The van der Waals surface area contributed by atoms with Gasteiger partial charge in [0.05, 0.1) is 21.9 Å². The average molecular weight is 547 g/mol. The van der Waals surface area contributed by atoms with Crippen molar-refractivity contribution in [1.82, 2.24) is 5.43 Å². The largest absolute Gasteiger partial charge is 0.422 e. The van der Waals surface area contributed by atoms with Gasteiger partial charge in [-0.3, -0.25) is 9.59 Å². The van der Waals surface area contributed by atoms with Gasteiger partial charge in [-0.25, -0.2) is 10.2 Å². The van der Waals surface area contributed by atoms with Crippen LogP contribution in [0.2, 0.25) is 15.1 Å². The van der Waals surface area contributed by atoms with Crippen molar-refractivity contribution in [2.24, 2.45) is 5.10 Å². The fraction of sp³-hybridized carbons (Fsp3) is 0. The van der Waals surface area contributed by atoms with E-state index in [4.69, 9.17) is 39.5 Å². The zero-order chi connectivity index (χ0) is 24.9. The molecule has 0 unspecified atom stereocenters. The van der Waals surface area contributed by atoms with Crippen molar-refractivity contribution in [3.63, 3.8) is 0 Å². The van der Waals surface area contributed by atoms with E-state index in [-0.39, 0.29) is 16.5 Å². The second kappa shape index (κ2) is 10.9. The van der Waals surface area contributed by atoms with Gasteiger partial charge in [0, 0.05) is 15.1 Å². The van der Waals surface area contributed by atoms with Crippen LogP contribution < -0.4 is 15.5 Å². The minimum Gasteiger partial charge on any atom is -0.422 e. The monoisotopic (exact) mass is 545 g/mol. The van der Waals surface area contributed by atoms with Crippen molar-refractivity contribution in [2.45, 2.75) is 0 Å². The molecule has 0 aliphatic carbocycles. The van der Waals surface area contributed by atoms with Gasteiger partial charge in [-0.05, 0) is 42.0 Å². The summed E-state index contributed by atoms with van der Waals surface area (Å²) in [6.45, 7) is 0. The highest BCUT2D eigenvalue weighted by Crippen LogP contribution is 2.35. The molecule has 2 N–H and O–H groups in total. The van der Waals surface area contributed by atoms with Crippen molar-refractivity contribution in [2.75, 3.05) is 5.32 Å². The van der Waals surface area contributed by atoms with E-state index in [1.54, 1.807) is 30.3 Å². The number of esters is 1. The first kappa shape index (κ1) is 24.7. The molecule has 11 heteroatoms. The van der Waals surface area contributed by atoms with E-state index in [1.165, 1.54) is 29.7 Å². The number of benzene rings is 3. The zero-order valence-electron chi connectivity index (χ0n) is 17.6. The molecule has 2 amide bonds. The molecule has 1 aromatic heterocycles. The third-order valence-electron chi connectivity index (χ3n) is 4.55. The molecule has 0 fully saturated rings. The summed E-state index contributed by atoms with van der Waals surface area (Å²) < 4.78 is 6.33. The topological polar surface area (TPSA) is 96.9 Å². The maximum Gasteiger partial charge on any atom is 0.355 e. The maximum absolute atomic E-state index is 12.6. The van der Waals surface area contributed by atoms with Crippen LogP contribution in [0.5, 0.6) is 5.75 Å². The number of hydrazone groups is 1. The van der Waals surface area contributed by atoms with Crippen LogP contribution in [0.1, 0.15) is 15.2 Å². The molecule has 7 nitrogen and oxygen atoms in total. The van der Waals surface area contributed by atoms with Crippen LogP contribution in [0.15, 0.2) is 71.8 Å². The van der Waals surface area contributed by atoms with Crippen LogP contribution in [0.4, 0.5) is 5.69 Å². The lowest BCUT2D eigenvalue weighted by molar-refractivity contribution is -0.136. The van der Waals surface area contributed by atoms with E-state index < -0.39 is 17.8 Å². The number of carbonyl (C=O) groups excluding carboxylic acids is 3. The molecule has 0 atom stereocenters. The van der Waals surface area contributed by atoms with Crippen LogP contribution in [0.25, 0.3) is 10.1 Å². The number of amides is 2. The Morgan fingerprint density at radius 1 is 0.914 bits per heavy atom. The van der Waals surface area contributed by atoms with Gasteiger partial charge in [0.15, 0.2) is 0 Å². The number of nitrogens with one attached hydrogen (secondary N) is 2. The SMILES string of the molecule is O=C(NN=Cc1cccc(OC(=O)c2sc3ccccc3c2Cl)c1)C(=O)Nc1cc(Cl)ccc1Cl. The number of ether oxygens (including phenoxy) is 1. The number of hydrogen-bond acceptors (Lipinski definition) is 6. The number of nitrogens with zero attached hydrogens (tertiary/aromatic N) is 1. The maximum atomic E-state index is 12.6. The number of fused-ring (bicyclic) bond motifs is 1. The van der Waals surface area contributed by atoms with Crippen LogP contribution >= 0.6 is 46.1 Å². The molecule has 0 aliphatic rings. The van der Waals surface area contributed by atoms with Crippen molar-refractivity contribution in [3.05, 3.63) is 92.2 Å². The number of thiophene rings is 1. The normalized spacial score (nSPS) is 10.9. The van der Waals surface area contributed by atoms with Crippen LogP contribution in [0.3, 0.4) is 0 Å². The van der Waals surface area contributed by atoms with E-state index in [9.17, 15) is 14.4 Å². The molecule has 0 saturated carbocycles. The first-order valence-electron chi connectivity index (χ1n) is 9.90. The van der Waals surface area contributed by atoms with Crippen LogP contribution in [-0.4, -0.2) is 24.0 Å². The van der Waals surface area contributed by atoms with E-state index in [0.29, 0.717) is 20.5 Å². The van der Waals surface area contributed by atoms with E-state index in [2.05, 4.69) is 15.8 Å². The first-order chi connectivity index (χ1) is 16.8. The van der Waals surface area contributed by atoms with E-state index in [1.807, 2.05) is 24.3 Å². The number of hydrogen-bond donors (Lipinski definition) is 2. The minimum absolute atomic E-state index is 0.191. The van der Waals surface area contributed by atoms with Crippen molar-refractivity contribution in [1.29, 1.82) is 0 Å². The average Bonchev–Trinajstić information content (AvgIpc) is 3.18. The summed E-state index contributed by atoms with van der Waals surface area (Å²) in [7, 11) is 0. The van der Waals surface area contributed by atoms with Crippen LogP contribution in [0, 0.1) is 0 Å². The van der Waals surface area contributed by atoms with Gasteiger partial charge in [0.25, 0.3) is 0 Å². The summed E-state index contributed by atoms with van der Waals surface area (Å²) in [6.07, 6.45) is 1.29. The second-order valence-electron chi connectivity index (χ2n) is 6.98. The quantitative estimate of drug-likeness (QED) is 0.103. The Morgan fingerprint density at radius 3 is 2.51 bits per heavy atom. The fourth-order valence-corrected chi connectivity index (χ4v) is 4.67. The number of halogens is 3. The van der Waals surface area contributed by atoms with Gasteiger partial charge >= 0.3 is 17.8 Å². The standard InChI is InChI=1S/C24H14Cl3N3O4S/c25-14-8-9-17(26)18(11-14)29-22(31)23(32)30-28-12-13-4-3-5-15(10-13)34-24(33)21-20(27)16-6-1-2-7-19(16)35-21/h1-12H,(H,29,31)(H,30,32). The Hall–Kier alpha value is -3.43. The smallest absolute Gasteiger partial charge is 0.355 e. The highest BCUT2D eigenvalue weighted by Gasteiger charge is 2.19. The molecule has 4 rings (SSSR count). The zero-order valence-corrected chi connectivity index (χ0v) is 20.6. The summed E-state index contributed by atoms with van der Waals surface area (Å²) in [5, 5.41) is 7.81.